The Morgan fingerprint density at radius 2 is 1.67 bits per heavy atom. The summed E-state index contributed by atoms with van der Waals surface area (Å²) in [5, 5.41) is 10.1. The van der Waals surface area contributed by atoms with Crippen molar-refractivity contribution in [1.82, 2.24) is 0 Å². The predicted molar refractivity (Wildman–Crippen MR) is 49.1 cm³/mol. The number of benzene rings is 1. The van der Waals surface area contributed by atoms with Crippen LogP contribution in [0.3, 0.4) is 0 Å². The fourth-order valence-corrected chi connectivity index (χ4v) is 0.666. The monoisotopic (exact) mass is 165 g/mol. The topological polar surface area (TPSA) is 43.1 Å². The molecule has 0 aliphatic heterocycles. The van der Waals surface area contributed by atoms with Crippen LogP contribution >= 0.6 is 0 Å². The first-order chi connectivity index (χ1) is 5.70. The van der Waals surface area contributed by atoms with Gasteiger partial charge in [0.25, 0.3) is 5.69 Å². The van der Waals surface area contributed by atoms with Gasteiger partial charge in [0.2, 0.25) is 0 Å². The van der Waals surface area contributed by atoms with Crippen LogP contribution in [0.25, 0.3) is 0 Å². The van der Waals surface area contributed by atoms with E-state index in [1.54, 1.807) is 12.1 Å². The second kappa shape index (κ2) is 5.07. The number of aryl methyl sites for hydroxylation is 1. The van der Waals surface area contributed by atoms with Crippen LogP contribution in [0.5, 0.6) is 0 Å². The van der Waals surface area contributed by atoms with Gasteiger partial charge in [-0.15, -0.1) is 13.2 Å². The highest BCUT2D eigenvalue weighted by molar-refractivity contribution is 5.31. The molecule has 1 aromatic carbocycles. The van der Waals surface area contributed by atoms with Crippen molar-refractivity contribution in [2.75, 3.05) is 0 Å². The molecule has 0 radical (unpaired) electrons. The van der Waals surface area contributed by atoms with E-state index in [1.165, 1.54) is 12.1 Å². The van der Waals surface area contributed by atoms with Gasteiger partial charge in [0.05, 0.1) is 4.92 Å². The quantitative estimate of drug-likeness (QED) is 0.365. The molecule has 0 spiro atoms. The smallest absolute Gasteiger partial charge is 0.258 e. The largest absolute Gasteiger partial charge is 0.269 e. The molecule has 0 heterocycles. The molecule has 64 valence electrons. The highest BCUT2D eigenvalue weighted by atomic mass is 16.6. The van der Waals surface area contributed by atoms with E-state index in [-0.39, 0.29) is 5.69 Å². The van der Waals surface area contributed by atoms with Gasteiger partial charge in [-0.05, 0) is 6.92 Å². The number of hydrogen-bond donors (Lipinski definition) is 0. The molecule has 0 unspecified atom stereocenters. The van der Waals surface area contributed by atoms with E-state index in [1.807, 2.05) is 6.92 Å². The van der Waals surface area contributed by atoms with E-state index in [2.05, 4.69) is 13.2 Å². The van der Waals surface area contributed by atoms with Gasteiger partial charge in [-0.25, -0.2) is 0 Å². The molecule has 0 fully saturated rings. The zero-order valence-corrected chi connectivity index (χ0v) is 6.99. The van der Waals surface area contributed by atoms with Gasteiger partial charge in [0.1, 0.15) is 0 Å². The van der Waals surface area contributed by atoms with Crippen LogP contribution in [-0.2, 0) is 0 Å². The second-order valence-electron chi connectivity index (χ2n) is 2.09. The summed E-state index contributed by atoms with van der Waals surface area (Å²) < 4.78 is 0. The number of non-ortho nitro benzene ring substituents is 1. The van der Waals surface area contributed by atoms with E-state index in [4.69, 9.17) is 0 Å². The Morgan fingerprint density at radius 1 is 1.25 bits per heavy atom. The molecule has 1 aromatic rings. The van der Waals surface area contributed by atoms with E-state index in [0.717, 1.165) is 5.56 Å². The molecule has 1 rings (SSSR count). The van der Waals surface area contributed by atoms with Crippen molar-refractivity contribution in [1.29, 1.82) is 0 Å². The maximum Gasteiger partial charge on any atom is 0.269 e. The Bertz CT molecular complexity index is 254. The Morgan fingerprint density at radius 3 is 2.00 bits per heavy atom. The summed E-state index contributed by atoms with van der Waals surface area (Å²) in [5.74, 6) is 0. The van der Waals surface area contributed by atoms with E-state index < -0.39 is 4.92 Å². The third-order valence-corrected chi connectivity index (χ3v) is 1.24. The van der Waals surface area contributed by atoms with Gasteiger partial charge >= 0.3 is 0 Å². The summed E-state index contributed by atoms with van der Waals surface area (Å²) in [6, 6.07) is 6.43. The lowest BCUT2D eigenvalue weighted by atomic mass is 10.2. The maximum atomic E-state index is 10.1. The minimum atomic E-state index is -0.403. The lowest BCUT2D eigenvalue weighted by Crippen LogP contribution is -1.86. The lowest BCUT2D eigenvalue weighted by molar-refractivity contribution is -0.384. The third kappa shape index (κ3) is 2.96. The van der Waals surface area contributed by atoms with Crippen molar-refractivity contribution in [3.63, 3.8) is 0 Å². The molecule has 0 bridgehead atoms. The molecule has 12 heavy (non-hydrogen) atoms. The van der Waals surface area contributed by atoms with Crippen molar-refractivity contribution >= 4 is 5.69 Å². The Labute approximate surface area is 71.5 Å². The van der Waals surface area contributed by atoms with E-state index in [0.29, 0.717) is 0 Å². The molecular weight excluding hydrogens is 154 g/mol. The average molecular weight is 165 g/mol. The number of nitro benzene ring substituents is 1. The minimum Gasteiger partial charge on any atom is -0.258 e. The molecule has 3 nitrogen and oxygen atoms in total. The lowest BCUT2D eigenvalue weighted by Gasteiger charge is -1.90. The van der Waals surface area contributed by atoms with Crippen LogP contribution in [0.1, 0.15) is 5.56 Å². The summed E-state index contributed by atoms with van der Waals surface area (Å²) in [6.45, 7) is 7.89. The van der Waals surface area contributed by atoms with Gasteiger partial charge in [-0.3, -0.25) is 10.1 Å². The zero-order chi connectivity index (χ0) is 9.56. The SMILES string of the molecule is C=C.Cc1ccc([N+](=O)[O-])cc1. The van der Waals surface area contributed by atoms with Crippen molar-refractivity contribution < 1.29 is 4.92 Å². The first kappa shape index (κ1) is 10.4. The molecule has 0 aliphatic carbocycles. The molecule has 0 saturated carbocycles. The summed E-state index contributed by atoms with van der Waals surface area (Å²) >= 11 is 0. The van der Waals surface area contributed by atoms with E-state index in [9.17, 15) is 10.1 Å². The molecule has 3 heteroatoms. The number of rotatable bonds is 1. The van der Waals surface area contributed by atoms with Crippen LogP contribution in [-0.4, -0.2) is 4.92 Å². The van der Waals surface area contributed by atoms with Gasteiger partial charge in [-0.1, -0.05) is 17.7 Å². The van der Waals surface area contributed by atoms with Crippen molar-refractivity contribution in [2.24, 2.45) is 0 Å². The Kier molecular flexibility index (Phi) is 4.38. The van der Waals surface area contributed by atoms with E-state index >= 15 is 0 Å². The fourth-order valence-electron chi connectivity index (χ4n) is 0.666. The van der Waals surface area contributed by atoms with Gasteiger partial charge in [-0.2, -0.15) is 0 Å². The van der Waals surface area contributed by atoms with Crippen LogP contribution in [0, 0.1) is 17.0 Å². The van der Waals surface area contributed by atoms with Crippen molar-refractivity contribution in [3.05, 3.63) is 53.1 Å². The highest BCUT2D eigenvalue weighted by Gasteiger charge is 2.00. The molecule has 0 saturated heterocycles. The molecule has 0 amide bonds. The molecule has 0 atom stereocenters. The standard InChI is InChI=1S/C7H7NO2.C2H4/c1-6-2-4-7(5-3-6)8(9)10;1-2/h2-5H,1H3;1-2H2. The molecule has 0 N–H and O–H groups in total. The zero-order valence-electron chi connectivity index (χ0n) is 6.99. The Balaban J connectivity index is 0.000000561. The normalized spacial score (nSPS) is 8.08. The number of hydrogen-bond acceptors (Lipinski definition) is 2. The van der Waals surface area contributed by atoms with Crippen molar-refractivity contribution in [2.45, 2.75) is 6.92 Å². The van der Waals surface area contributed by atoms with Crippen LogP contribution in [0.4, 0.5) is 5.69 Å². The van der Waals surface area contributed by atoms with Gasteiger partial charge in [0.15, 0.2) is 0 Å². The first-order valence-corrected chi connectivity index (χ1v) is 3.41. The summed E-state index contributed by atoms with van der Waals surface area (Å²) in [4.78, 5) is 9.71. The van der Waals surface area contributed by atoms with Crippen LogP contribution < -0.4 is 0 Å². The number of nitrogens with zero attached hydrogens (tertiary/aromatic N) is 1. The second-order valence-corrected chi connectivity index (χ2v) is 2.09. The summed E-state index contributed by atoms with van der Waals surface area (Å²) in [5.41, 5.74) is 1.18. The summed E-state index contributed by atoms with van der Waals surface area (Å²) in [7, 11) is 0. The maximum absolute atomic E-state index is 10.1. The van der Waals surface area contributed by atoms with Crippen molar-refractivity contribution in [3.8, 4) is 0 Å². The number of nitro groups is 1. The van der Waals surface area contributed by atoms with Gasteiger partial charge in [0, 0.05) is 12.1 Å². The van der Waals surface area contributed by atoms with Crippen LogP contribution in [0.15, 0.2) is 37.4 Å². The fraction of sp³-hybridized carbons (Fsp3) is 0.111. The van der Waals surface area contributed by atoms with Gasteiger partial charge < -0.3 is 0 Å². The third-order valence-electron chi connectivity index (χ3n) is 1.24. The Hall–Kier alpha value is -1.64. The summed E-state index contributed by atoms with van der Waals surface area (Å²) in [6.07, 6.45) is 0. The molecular formula is C9H11NO2. The first-order valence-electron chi connectivity index (χ1n) is 3.41. The average Bonchev–Trinajstić information content (AvgIpc) is 2.09. The predicted octanol–water partition coefficient (Wildman–Crippen LogP) is 2.71. The highest BCUT2D eigenvalue weighted by Crippen LogP contribution is 2.10. The molecule has 0 aromatic heterocycles. The van der Waals surface area contributed by atoms with Crippen LogP contribution in [0.2, 0.25) is 0 Å². The molecule has 0 aliphatic rings. The minimum absolute atomic E-state index is 0.144.